The Labute approximate surface area is 239 Å². The van der Waals surface area contributed by atoms with Gasteiger partial charge in [-0.05, 0) is 79.3 Å². The summed E-state index contributed by atoms with van der Waals surface area (Å²) < 4.78 is 41.8. The molecule has 10 nitrogen and oxygen atoms in total. The number of hydrogen-bond acceptors (Lipinski definition) is 6. The van der Waals surface area contributed by atoms with Crippen molar-refractivity contribution in [2.24, 2.45) is 0 Å². The molecule has 3 heterocycles. The van der Waals surface area contributed by atoms with Crippen LogP contribution in [0, 0.1) is 10.5 Å². The van der Waals surface area contributed by atoms with Crippen molar-refractivity contribution in [2.45, 2.75) is 39.5 Å². The van der Waals surface area contributed by atoms with E-state index in [2.05, 4.69) is 53.6 Å². The molecule has 0 aliphatic heterocycles. The number of nitrogens with one attached hydrogen (secondary N) is 2. The molecule has 0 atom stereocenters. The molecule has 0 radical (unpaired) electrons. The molecule has 3 aromatic heterocycles. The van der Waals surface area contributed by atoms with Gasteiger partial charge in [-0.2, -0.15) is 18.3 Å². The summed E-state index contributed by atoms with van der Waals surface area (Å²) in [5.41, 5.74) is 0.229. The normalized spacial score (nSPS) is 11.6. The number of benzene rings is 1. The van der Waals surface area contributed by atoms with Crippen molar-refractivity contribution >= 4 is 51.7 Å². The Hall–Kier alpha value is -3.53. The predicted octanol–water partition coefficient (Wildman–Crippen LogP) is 4.88. The summed E-state index contributed by atoms with van der Waals surface area (Å²) in [6, 6.07) is 7.86. The predicted molar refractivity (Wildman–Crippen MR) is 145 cm³/mol. The SMILES string of the molecule is Cc1cc(I)cc(C(=O)NC(C)C)c1NC(=O)c1cc(Cn2cc(C(F)(F)F)nn2)nn1-c1ncccc1Cl. The number of hydrogen-bond donors (Lipinski definition) is 2. The first-order valence-corrected chi connectivity index (χ1v) is 12.9. The van der Waals surface area contributed by atoms with Gasteiger partial charge in [0.2, 0.25) is 0 Å². The van der Waals surface area contributed by atoms with E-state index in [1.54, 1.807) is 25.1 Å². The molecule has 0 aliphatic rings. The highest BCUT2D eigenvalue weighted by Gasteiger charge is 2.34. The molecule has 0 saturated heterocycles. The summed E-state index contributed by atoms with van der Waals surface area (Å²) in [5, 5.41) is 16.8. The van der Waals surface area contributed by atoms with E-state index in [0.717, 1.165) is 14.4 Å². The fourth-order valence-electron chi connectivity index (χ4n) is 3.64. The quantitative estimate of drug-likeness (QED) is 0.270. The number of aromatic nitrogens is 6. The van der Waals surface area contributed by atoms with Gasteiger partial charge >= 0.3 is 6.18 Å². The Balaban J connectivity index is 1.74. The Morgan fingerprint density at radius 3 is 2.56 bits per heavy atom. The lowest BCUT2D eigenvalue weighted by atomic mass is 10.1. The molecule has 0 saturated carbocycles. The van der Waals surface area contributed by atoms with Crippen LogP contribution >= 0.6 is 34.2 Å². The van der Waals surface area contributed by atoms with E-state index in [-0.39, 0.29) is 46.3 Å². The number of alkyl halides is 3. The fraction of sp³-hybridized carbons (Fsp3) is 0.250. The number of nitrogens with zero attached hydrogens (tertiary/aromatic N) is 6. The van der Waals surface area contributed by atoms with Crippen LogP contribution in [0.3, 0.4) is 0 Å². The van der Waals surface area contributed by atoms with Crippen LogP contribution in [-0.4, -0.2) is 47.6 Å². The van der Waals surface area contributed by atoms with Crippen LogP contribution in [-0.2, 0) is 12.7 Å². The second-order valence-corrected chi connectivity index (χ2v) is 10.4. The molecule has 2 amide bonds. The number of carbonyl (C=O) groups excluding carboxylic acids is 2. The average Bonchev–Trinajstić information content (AvgIpc) is 3.48. The maximum atomic E-state index is 13.6. The lowest BCUT2D eigenvalue weighted by Gasteiger charge is -2.16. The minimum Gasteiger partial charge on any atom is -0.350 e. The number of aryl methyl sites for hydroxylation is 1. The van der Waals surface area contributed by atoms with E-state index in [0.29, 0.717) is 11.3 Å². The lowest BCUT2D eigenvalue weighted by molar-refractivity contribution is -0.141. The number of amides is 2. The summed E-state index contributed by atoms with van der Waals surface area (Å²) in [5.74, 6) is -0.884. The molecular weight excluding hydrogens is 652 g/mol. The largest absolute Gasteiger partial charge is 0.436 e. The smallest absolute Gasteiger partial charge is 0.350 e. The number of rotatable bonds is 7. The third kappa shape index (κ3) is 6.55. The highest BCUT2D eigenvalue weighted by Crippen LogP contribution is 2.28. The molecule has 39 heavy (non-hydrogen) atoms. The lowest BCUT2D eigenvalue weighted by Crippen LogP contribution is -2.31. The van der Waals surface area contributed by atoms with Gasteiger partial charge in [0.1, 0.15) is 5.69 Å². The van der Waals surface area contributed by atoms with Crippen molar-refractivity contribution in [1.29, 1.82) is 0 Å². The topological polar surface area (TPSA) is 120 Å². The molecule has 0 aliphatic carbocycles. The van der Waals surface area contributed by atoms with Crippen molar-refractivity contribution in [2.75, 3.05) is 5.32 Å². The monoisotopic (exact) mass is 672 g/mol. The van der Waals surface area contributed by atoms with Gasteiger partial charge in [0.25, 0.3) is 11.8 Å². The Kier molecular flexibility index (Phi) is 8.25. The van der Waals surface area contributed by atoms with Gasteiger partial charge < -0.3 is 10.6 Å². The summed E-state index contributed by atoms with van der Waals surface area (Å²) in [4.78, 5) is 30.7. The maximum absolute atomic E-state index is 13.6. The number of anilines is 1. The van der Waals surface area contributed by atoms with Crippen LogP contribution in [0.1, 0.15) is 51.6 Å². The Morgan fingerprint density at radius 1 is 1.18 bits per heavy atom. The van der Waals surface area contributed by atoms with Gasteiger partial charge in [-0.25, -0.2) is 14.3 Å². The van der Waals surface area contributed by atoms with E-state index in [1.165, 1.54) is 16.9 Å². The van der Waals surface area contributed by atoms with E-state index in [9.17, 15) is 22.8 Å². The number of carbonyl (C=O) groups is 2. The molecule has 0 spiro atoms. The van der Waals surface area contributed by atoms with E-state index >= 15 is 0 Å². The van der Waals surface area contributed by atoms with Crippen LogP contribution in [0.15, 0.2) is 42.7 Å². The van der Waals surface area contributed by atoms with Gasteiger partial charge in [-0.1, -0.05) is 16.8 Å². The van der Waals surface area contributed by atoms with E-state index in [4.69, 9.17) is 11.6 Å². The third-order valence-corrected chi connectivity index (χ3v) is 6.21. The van der Waals surface area contributed by atoms with Crippen molar-refractivity contribution < 1.29 is 22.8 Å². The zero-order valence-electron chi connectivity index (χ0n) is 20.7. The summed E-state index contributed by atoms with van der Waals surface area (Å²) >= 11 is 8.40. The van der Waals surface area contributed by atoms with Crippen LogP contribution in [0.4, 0.5) is 18.9 Å². The molecular formula is C24H21ClF3IN8O2. The first-order valence-electron chi connectivity index (χ1n) is 11.4. The summed E-state index contributed by atoms with van der Waals surface area (Å²) in [7, 11) is 0. The minimum absolute atomic E-state index is 0.0186. The van der Waals surface area contributed by atoms with Crippen LogP contribution in [0.5, 0.6) is 0 Å². The molecule has 2 N–H and O–H groups in total. The Bertz CT molecular complexity index is 1550. The van der Waals surface area contributed by atoms with E-state index < -0.39 is 17.8 Å². The third-order valence-electron chi connectivity index (χ3n) is 5.29. The highest BCUT2D eigenvalue weighted by molar-refractivity contribution is 14.1. The molecule has 0 fully saturated rings. The molecule has 1 aromatic carbocycles. The zero-order valence-corrected chi connectivity index (χ0v) is 23.6. The zero-order chi connectivity index (χ0) is 28.5. The van der Waals surface area contributed by atoms with Crippen LogP contribution in [0.25, 0.3) is 5.82 Å². The van der Waals surface area contributed by atoms with Gasteiger partial charge in [0, 0.05) is 15.8 Å². The molecule has 204 valence electrons. The first-order chi connectivity index (χ1) is 18.3. The highest BCUT2D eigenvalue weighted by atomic mass is 127. The summed E-state index contributed by atoms with van der Waals surface area (Å²) in [6.45, 7) is 5.18. The molecule has 0 unspecified atom stereocenters. The van der Waals surface area contributed by atoms with Gasteiger partial charge in [-0.3, -0.25) is 9.59 Å². The van der Waals surface area contributed by atoms with Crippen molar-refractivity contribution in [3.05, 3.63) is 79.5 Å². The van der Waals surface area contributed by atoms with Crippen molar-refractivity contribution in [1.82, 2.24) is 35.1 Å². The van der Waals surface area contributed by atoms with Gasteiger partial charge in [-0.15, -0.1) is 5.10 Å². The van der Waals surface area contributed by atoms with Gasteiger partial charge in [0.15, 0.2) is 11.5 Å². The number of halogens is 5. The van der Waals surface area contributed by atoms with Crippen molar-refractivity contribution in [3.63, 3.8) is 0 Å². The van der Waals surface area contributed by atoms with Gasteiger partial charge in [0.05, 0.1) is 34.7 Å². The standard InChI is InChI=1S/C24H21ClF3IN8O2/c1-12(2)31-22(38)16-8-14(29)7-13(3)20(16)32-23(39)18-9-15(10-36-11-19(33-35-36)24(26,27)28)34-37(18)21-17(25)5-4-6-30-21/h4-9,11-12H,10H2,1-3H3,(H,31,38)(H,32,39). The molecule has 4 rings (SSSR count). The van der Waals surface area contributed by atoms with E-state index in [1.807, 2.05) is 19.9 Å². The molecule has 15 heteroatoms. The summed E-state index contributed by atoms with van der Waals surface area (Å²) in [6.07, 6.45) is -2.47. The molecule has 4 aromatic rings. The fourth-order valence-corrected chi connectivity index (χ4v) is 4.62. The molecule has 0 bridgehead atoms. The Morgan fingerprint density at radius 2 is 1.92 bits per heavy atom. The maximum Gasteiger partial charge on any atom is 0.436 e. The number of pyridine rings is 1. The first kappa shape index (κ1) is 28.5. The average molecular weight is 673 g/mol. The van der Waals surface area contributed by atoms with Crippen LogP contribution < -0.4 is 10.6 Å². The van der Waals surface area contributed by atoms with Crippen LogP contribution in [0.2, 0.25) is 5.02 Å². The minimum atomic E-state index is -4.66. The second-order valence-electron chi connectivity index (χ2n) is 8.77. The second kappa shape index (κ2) is 11.3. The van der Waals surface area contributed by atoms with Crippen molar-refractivity contribution in [3.8, 4) is 5.82 Å².